The standard InChI is InChI=1S/C38H64N12O9/c1-4-24(2)34(38(59)45-21-29(41)51)50-33(55)23-47-36(57)27(14-8-9-17-39)49-32(54)22-46-37(58)28(48-31(53)20-40)15-16-30(52)43-18-10-5-11-19-44-35(56)25-12-6-7-13-26(25)42-3/h6-7,12-13,24,27-28,34,42H,4-5,8-11,14-23,39-40H2,1-3H3,(H2,41,51)(H,43,52)(H,44,56)(H,45,59)(H,46,58)(H,47,57)(H,48,53)(H,49,54)(H,50,55). The number of anilines is 1. The van der Waals surface area contributed by atoms with Crippen LogP contribution in [0.15, 0.2) is 24.3 Å². The van der Waals surface area contributed by atoms with Crippen molar-refractivity contribution < 1.29 is 43.2 Å². The number of amides is 9. The van der Waals surface area contributed by atoms with E-state index in [2.05, 4.69) is 47.9 Å². The molecule has 1 rings (SSSR count). The summed E-state index contributed by atoms with van der Waals surface area (Å²) in [6.45, 7) is 2.75. The number of primary amides is 1. The lowest BCUT2D eigenvalue weighted by Gasteiger charge is -2.24. The molecule has 330 valence electrons. The van der Waals surface area contributed by atoms with Crippen LogP contribution in [0.5, 0.6) is 0 Å². The van der Waals surface area contributed by atoms with Gasteiger partial charge in [-0.2, -0.15) is 0 Å². The van der Waals surface area contributed by atoms with Gasteiger partial charge in [-0.25, -0.2) is 0 Å². The largest absolute Gasteiger partial charge is 0.387 e. The van der Waals surface area contributed by atoms with Crippen molar-refractivity contribution in [1.82, 2.24) is 42.5 Å². The summed E-state index contributed by atoms with van der Waals surface area (Å²) in [7, 11) is 1.74. The Morgan fingerprint density at radius 2 is 1.20 bits per heavy atom. The predicted molar refractivity (Wildman–Crippen MR) is 220 cm³/mol. The minimum Gasteiger partial charge on any atom is -0.387 e. The highest BCUT2D eigenvalue weighted by molar-refractivity contribution is 5.99. The number of nitrogens with one attached hydrogen (secondary N) is 9. The highest BCUT2D eigenvalue weighted by atomic mass is 16.2. The fourth-order valence-electron chi connectivity index (χ4n) is 5.54. The molecular formula is C38H64N12O9. The molecule has 0 heterocycles. The van der Waals surface area contributed by atoms with Gasteiger partial charge in [0.1, 0.15) is 18.1 Å². The monoisotopic (exact) mass is 832 g/mol. The van der Waals surface area contributed by atoms with Crippen LogP contribution < -0.4 is 65.1 Å². The van der Waals surface area contributed by atoms with E-state index in [4.69, 9.17) is 17.2 Å². The summed E-state index contributed by atoms with van der Waals surface area (Å²) in [6.07, 6.45) is 3.52. The highest BCUT2D eigenvalue weighted by Gasteiger charge is 2.28. The topological polar surface area (TPSA) is 340 Å². The Morgan fingerprint density at radius 1 is 0.627 bits per heavy atom. The van der Waals surface area contributed by atoms with Gasteiger partial charge in [0.05, 0.1) is 31.7 Å². The normalized spacial score (nSPS) is 12.6. The first kappa shape index (κ1) is 51.2. The quantitative estimate of drug-likeness (QED) is 0.0344. The zero-order valence-corrected chi connectivity index (χ0v) is 34.3. The van der Waals surface area contributed by atoms with E-state index in [0.717, 1.165) is 12.1 Å². The number of unbranched alkanes of at least 4 members (excludes halogenated alkanes) is 3. The third-order valence-corrected chi connectivity index (χ3v) is 9.09. The van der Waals surface area contributed by atoms with E-state index in [1.807, 2.05) is 19.1 Å². The number of nitrogens with two attached hydrogens (primary N) is 3. The molecule has 0 spiro atoms. The number of hydrogen-bond donors (Lipinski definition) is 12. The van der Waals surface area contributed by atoms with Crippen LogP contribution >= 0.6 is 0 Å². The van der Waals surface area contributed by atoms with Crippen LogP contribution in [-0.4, -0.2) is 124 Å². The van der Waals surface area contributed by atoms with Crippen molar-refractivity contribution in [2.75, 3.05) is 58.2 Å². The maximum Gasteiger partial charge on any atom is 0.253 e. The number of benzene rings is 1. The number of para-hydroxylation sites is 1. The van der Waals surface area contributed by atoms with Crippen LogP contribution in [0, 0.1) is 5.92 Å². The molecule has 0 aliphatic rings. The molecule has 0 fully saturated rings. The molecular weight excluding hydrogens is 768 g/mol. The third-order valence-electron chi connectivity index (χ3n) is 9.09. The Morgan fingerprint density at radius 3 is 1.80 bits per heavy atom. The van der Waals surface area contributed by atoms with Gasteiger partial charge >= 0.3 is 0 Å². The zero-order valence-electron chi connectivity index (χ0n) is 34.3. The molecule has 1 aromatic carbocycles. The van der Waals surface area contributed by atoms with Crippen LogP contribution in [0.3, 0.4) is 0 Å². The number of rotatable bonds is 30. The first-order chi connectivity index (χ1) is 28.2. The van der Waals surface area contributed by atoms with Crippen molar-refractivity contribution in [1.29, 1.82) is 0 Å². The number of hydrogen-bond acceptors (Lipinski definition) is 12. The van der Waals surface area contributed by atoms with Crippen molar-refractivity contribution in [3.8, 4) is 0 Å². The predicted octanol–water partition coefficient (Wildman–Crippen LogP) is -3.05. The van der Waals surface area contributed by atoms with E-state index >= 15 is 0 Å². The zero-order chi connectivity index (χ0) is 44.2. The van der Waals surface area contributed by atoms with Crippen molar-refractivity contribution in [2.45, 2.75) is 89.8 Å². The molecule has 4 unspecified atom stereocenters. The van der Waals surface area contributed by atoms with Gasteiger partial charge in [-0.3, -0.25) is 43.2 Å². The van der Waals surface area contributed by atoms with Crippen molar-refractivity contribution >= 4 is 58.9 Å². The van der Waals surface area contributed by atoms with Gasteiger partial charge in [-0.05, 0) is 69.5 Å². The molecule has 4 atom stereocenters. The van der Waals surface area contributed by atoms with Crippen LogP contribution in [0.1, 0.15) is 82.0 Å². The van der Waals surface area contributed by atoms with Crippen molar-refractivity contribution in [3.05, 3.63) is 29.8 Å². The first-order valence-electron chi connectivity index (χ1n) is 19.9. The summed E-state index contributed by atoms with van der Waals surface area (Å²) >= 11 is 0. The fraction of sp³-hybridized carbons (Fsp3) is 0.605. The van der Waals surface area contributed by atoms with Crippen molar-refractivity contribution in [3.63, 3.8) is 0 Å². The Balaban J connectivity index is 2.63. The van der Waals surface area contributed by atoms with E-state index in [1.54, 1.807) is 26.1 Å². The summed E-state index contributed by atoms with van der Waals surface area (Å²) in [5.41, 5.74) is 17.4. The van der Waals surface area contributed by atoms with E-state index in [0.29, 0.717) is 57.3 Å². The average Bonchev–Trinajstić information content (AvgIpc) is 3.22. The minimum atomic E-state index is -1.19. The molecule has 0 saturated heterocycles. The van der Waals surface area contributed by atoms with Crippen LogP contribution in [-0.2, 0) is 38.4 Å². The van der Waals surface area contributed by atoms with Crippen molar-refractivity contribution in [2.24, 2.45) is 23.1 Å². The van der Waals surface area contributed by atoms with Crippen LogP contribution in [0.4, 0.5) is 5.69 Å². The minimum absolute atomic E-state index is 0.0952. The molecule has 0 bridgehead atoms. The molecule has 0 aliphatic carbocycles. The summed E-state index contributed by atoms with van der Waals surface area (Å²) < 4.78 is 0. The maximum atomic E-state index is 13.1. The molecule has 9 amide bonds. The summed E-state index contributed by atoms with van der Waals surface area (Å²) in [4.78, 5) is 112. The molecule has 21 heteroatoms. The van der Waals surface area contributed by atoms with Gasteiger partial charge in [0.15, 0.2) is 0 Å². The van der Waals surface area contributed by atoms with Crippen LogP contribution in [0.2, 0.25) is 0 Å². The Hall–Kier alpha value is -5.83. The molecule has 0 aliphatic heterocycles. The Labute approximate surface area is 345 Å². The molecule has 21 nitrogen and oxygen atoms in total. The van der Waals surface area contributed by atoms with Gasteiger partial charge in [0.2, 0.25) is 47.3 Å². The average molecular weight is 833 g/mol. The lowest BCUT2D eigenvalue weighted by Crippen LogP contribution is -2.55. The Bertz CT molecular complexity index is 1560. The van der Waals surface area contributed by atoms with E-state index < -0.39 is 85.7 Å². The van der Waals surface area contributed by atoms with Gasteiger partial charge in [0.25, 0.3) is 5.91 Å². The van der Waals surface area contributed by atoms with E-state index in [1.165, 1.54) is 0 Å². The number of carbonyl (C=O) groups excluding carboxylic acids is 9. The molecule has 0 saturated carbocycles. The molecule has 0 aromatic heterocycles. The molecule has 59 heavy (non-hydrogen) atoms. The first-order valence-corrected chi connectivity index (χ1v) is 19.9. The van der Waals surface area contributed by atoms with E-state index in [9.17, 15) is 43.2 Å². The molecule has 15 N–H and O–H groups in total. The molecule has 0 radical (unpaired) electrons. The van der Waals surface area contributed by atoms with E-state index in [-0.39, 0.29) is 37.0 Å². The van der Waals surface area contributed by atoms with Gasteiger partial charge < -0.3 is 65.1 Å². The highest BCUT2D eigenvalue weighted by Crippen LogP contribution is 2.14. The van der Waals surface area contributed by atoms with Gasteiger partial charge in [-0.1, -0.05) is 32.4 Å². The second-order valence-electron chi connectivity index (χ2n) is 13.8. The summed E-state index contributed by atoms with van der Waals surface area (Å²) in [5.74, 6) is -5.79. The van der Waals surface area contributed by atoms with Gasteiger partial charge in [-0.15, -0.1) is 0 Å². The second kappa shape index (κ2) is 29.4. The smallest absolute Gasteiger partial charge is 0.253 e. The lowest BCUT2D eigenvalue weighted by molar-refractivity contribution is -0.133. The molecule has 1 aromatic rings. The van der Waals surface area contributed by atoms with Crippen LogP contribution in [0.25, 0.3) is 0 Å². The van der Waals surface area contributed by atoms with Gasteiger partial charge in [0, 0.05) is 32.2 Å². The Kier molecular flexibility index (Phi) is 25.5. The second-order valence-corrected chi connectivity index (χ2v) is 13.8. The fourth-order valence-corrected chi connectivity index (χ4v) is 5.54. The lowest BCUT2D eigenvalue weighted by atomic mass is 9.98. The number of carbonyl (C=O) groups is 9. The summed E-state index contributed by atoms with van der Waals surface area (Å²) in [5, 5.41) is 23.3. The maximum absolute atomic E-state index is 13.1. The summed E-state index contributed by atoms with van der Waals surface area (Å²) in [6, 6.07) is 3.86. The third kappa shape index (κ3) is 21.5. The SMILES string of the molecule is CCC(C)C(NC(=O)CNC(=O)C(CCCCN)NC(=O)CNC(=O)C(CCC(=O)NCCCCCNC(=O)c1ccccc1NC)NC(=O)CN)C(=O)NCC(N)=O.